The third kappa shape index (κ3) is 6.80. The Kier molecular flexibility index (Phi) is 7.18. The maximum absolute atomic E-state index is 11.9. The van der Waals surface area contributed by atoms with Gasteiger partial charge in [-0.05, 0) is 57.9 Å². The minimum atomic E-state index is -0.497. The van der Waals surface area contributed by atoms with Crippen molar-refractivity contribution >= 4 is 6.09 Å². The minimum Gasteiger partial charge on any atom is -0.494 e. The van der Waals surface area contributed by atoms with Gasteiger partial charge in [-0.25, -0.2) is 4.79 Å². The van der Waals surface area contributed by atoms with Crippen LogP contribution in [0, 0.1) is 0 Å². The Morgan fingerprint density at radius 1 is 1.27 bits per heavy atom. The third-order valence-electron chi connectivity index (χ3n) is 3.00. The summed E-state index contributed by atoms with van der Waals surface area (Å²) in [6.07, 6.45) is 1.22. The molecular weight excluding hydrogens is 280 g/mol. The summed E-state index contributed by atoms with van der Waals surface area (Å²) in [5.74, 6) is 0.810. The number of ether oxygens (including phenoxy) is 2. The van der Waals surface area contributed by atoms with Gasteiger partial charge < -0.3 is 20.5 Å². The van der Waals surface area contributed by atoms with Gasteiger partial charge in [0.05, 0.1) is 12.6 Å². The molecular formula is C17H28N2O3. The molecule has 0 radical (unpaired) electrons. The molecule has 124 valence electrons. The van der Waals surface area contributed by atoms with Crippen LogP contribution in [0.2, 0.25) is 0 Å². The van der Waals surface area contributed by atoms with Gasteiger partial charge in [0.15, 0.2) is 0 Å². The van der Waals surface area contributed by atoms with E-state index in [0.717, 1.165) is 24.2 Å². The summed E-state index contributed by atoms with van der Waals surface area (Å²) < 4.78 is 10.9. The van der Waals surface area contributed by atoms with E-state index in [1.165, 1.54) is 0 Å². The van der Waals surface area contributed by atoms with E-state index in [1.807, 2.05) is 52.0 Å². The van der Waals surface area contributed by atoms with Crippen LogP contribution in [0.3, 0.4) is 0 Å². The quantitative estimate of drug-likeness (QED) is 0.757. The first-order valence-corrected chi connectivity index (χ1v) is 7.78. The van der Waals surface area contributed by atoms with Crippen molar-refractivity contribution in [2.45, 2.75) is 52.2 Å². The molecule has 0 spiro atoms. The first-order valence-electron chi connectivity index (χ1n) is 7.78. The molecule has 3 N–H and O–H groups in total. The van der Waals surface area contributed by atoms with Gasteiger partial charge in [0.2, 0.25) is 0 Å². The second-order valence-corrected chi connectivity index (χ2v) is 6.17. The lowest BCUT2D eigenvalue weighted by Gasteiger charge is -2.23. The van der Waals surface area contributed by atoms with E-state index in [-0.39, 0.29) is 6.04 Å². The van der Waals surface area contributed by atoms with Gasteiger partial charge in [-0.1, -0.05) is 19.1 Å². The number of rotatable bonds is 7. The number of amides is 1. The highest BCUT2D eigenvalue weighted by atomic mass is 16.6. The first-order chi connectivity index (χ1) is 10.4. The standard InChI is InChI=1S/C17H28N2O3/c1-5-15(19-16(20)22-17(2,3)4)13-7-9-14(10-8-13)21-12-6-11-18/h7-10,15H,5-6,11-12,18H2,1-4H3,(H,19,20). The highest BCUT2D eigenvalue weighted by Gasteiger charge is 2.19. The molecule has 22 heavy (non-hydrogen) atoms. The Labute approximate surface area is 133 Å². The summed E-state index contributed by atoms with van der Waals surface area (Å²) in [5.41, 5.74) is 5.96. The molecule has 0 bridgehead atoms. The predicted octanol–water partition coefficient (Wildman–Crippen LogP) is 3.39. The summed E-state index contributed by atoms with van der Waals surface area (Å²) in [7, 11) is 0. The van der Waals surface area contributed by atoms with E-state index in [1.54, 1.807) is 0 Å². The van der Waals surface area contributed by atoms with Crippen LogP contribution in [0.5, 0.6) is 5.75 Å². The molecule has 1 rings (SSSR count). The van der Waals surface area contributed by atoms with Gasteiger partial charge in [0.25, 0.3) is 0 Å². The zero-order valence-corrected chi connectivity index (χ0v) is 14.0. The first kappa shape index (κ1) is 18.3. The molecule has 0 aromatic heterocycles. The molecule has 0 saturated carbocycles. The molecule has 0 aliphatic carbocycles. The van der Waals surface area contributed by atoms with Crippen LogP contribution in [-0.2, 0) is 4.74 Å². The number of alkyl carbamates (subject to hydrolysis) is 1. The molecule has 0 aliphatic heterocycles. The van der Waals surface area contributed by atoms with Crippen molar-refractivity contribution in [1.82, 2.24) is 5.32 Å². The summed E-state index contributed by atoms with van der Waals surface area (Å²) in [4.78, 5) is 11.9. The van der Waals surface area contributed by atoms with Crippen molar-refractivity contribution in [3.8, 4) is 5.75 Å². The van der Waals surface area contributed by atoms with Gasteiger partial charge >= 0.3 is 6.09 Å². The Balaban J connectivity index is 2.61. The van der Waals surface area contributed by atoms with Crippen LogP contribution in [0.25, 0.3) is 0 Å². The van der Waals surface area contributed by atoms with E-state index in [2.05, 4.69) is 5.32 Å². The number of carbonyl (C=O) groups is 1. The molecule has 1 atom stereocenters. The zero-order valence-electron chi connectivity index (χ0n) is 14.0. The van der Waals surface area contributed by atoms with E-state index in [4.69, 9.17) is 15.2 Å². The average molecular weight is 308 g/mol. The van der Waals surface area contributed by atoms with Crippen molar-refractivity contribution in [1.29, 1.82) is 0 Å². The fourth-order valence-corrected chi connectivity index (χ4v) is 1.94. The zero-order chi connectivity index (χ0) is 16.6. The SMILES string of the molecule is CCC(NC(=O)OC(C)(C)C)c1ccc(OCCCN)cc1. The van der Waals surface area contributed by atoms with E-state index >= 15 is 0 Å². The smallest absolute Gasteiger partial charge is 0.408 e. The average Bonchev–Trinajstić information content (AvgIpc) is 2.44. The lowest BCUT2D eigenvalue weighted by Crippen LogP contribution is -2.34. The Hall–Kier alpha value is -1.75. The Morgan fingerprint density at radius 3 is 2.41 bits per heavy atom. The van der Waals surface area contributed by atoms with Crippen molar-refractivity contribution < 1.29 is 14.3 Å². The van der Waals surface area contributed by atoms with Crippen molar-refractivity contribution in [3.63, 3.8) is 0 Å². The normalized spacial score (nSPS) is 12.6. The van der Waals surface area contributed by atoms with Crippen LogP contribution >= 0.6 is 0 Å². The Morgan fingerprint density at radius 2 is 1.91 bits per heavy atom. The van der Waals surface area contributed by atoms with Crippen LogP contribution in [0.15, 0.2) is 24.3 Å². The number of hydrogen-bond donors (Lipinski definition) is 2. The second-order valence-electron chi connectivity index (χ2n) is 6.17. The fourth-order valence-electron chi connectivity index (χ4n) is 1.94. The highest BCUT2D eigenvalue weighted by molar-refractivity contribution is 5.68. The molecule has 1 aromatic carbocycles. The summed E-state index contributed by atoms with van der Waals surface area (Å²) in [5, 5.41) is 2.89. The minimum absolute atomic E-state index is 0.0760. The van der Waals surface area contributed by atoms with Gasteiger partial charge in [-0.3, -0.25) is 0 Å². The highest BCUT2D eigenvalue weighted by Crippen LogP contribution is 2.21. The lowest BCUT2D eigenvalue weighted by atomic mass is 10.0. The molecule has 0 aliphatic rings. The van der Waals surface area contributed by atoms with Gasteiger partial charge in [-0.2, -0.15) is 0 Å². The van der Waals surface area contributed by atoms with Crippen LogP contribution < -0.4 is 15.8 Å². The Bertz CT molecular complexity index is 452. The van der Waals surface area contributed by atoms with Crippen LogP contribution in [0.1, 0.15) is 52.1 Å². The van der Waals surface area contributed by atoms with E-state index in [9.17, 15) is 4.79 Å². The van der Waals surface area contributed by atoms with E-state index < -0.39 is 11.7 Å². The number of nitrogens with two attached hydrogens (primary N) is 1. The topological polar surface area (TPSA) is 73.6 Å². The summed E-state index contributed by atoms with van der Waals surface area (Å²) in [6.45, 7) is 8.80. The van der Waals surface area contributed by atoms with Crippen molar-refractivity contribution in [3.05, 3.63) is 29.8 Å². The van der Waals surface area contributed by atoms with E-state index in [0.29, 0.717) is 13.2 Å². The number of carbonyl (C=O) groups excluding carboxylic acids is 1. The predicted molar refractivity (Wildman–Crippen MR) is 88.0 cm³/mol. The molecule has 0 fully saturated rings. The summed E-state index contributed by atoms with van der Waals surface area (Å²) in [6, 6.07) is 7.66. The number of nitrogens with one attached hydrogen (secondary N) is 1. The molecule has 5 nitrogen and oxygen atoms in total. The largest absolute Gasteiger partial charge is 0.494 e. The van der Waals surface area contributed by atoms with Crippen molar-refractivity contribution in [2.24, 2.45) is 5.73 Å². The molecule has 0 heterocycles. The molecule has 1 amide bonds. The molecule has 1 unspecified atom stereocenters. The maximum Gasteiger partial charge on any atom is 0.408 e. The molecule has 1 aromatic rings. The van der Waals surface area contributed by atoms with Crippen LogP contribution in [-0.4, -0.2) is 24.8 Å². The maximum atomic E-state index is 11.9. The number of hydrogen-bond acceptors (Lipinski definition) is 4. The fraction of sp³-hybridized carbons (Fsp3) is 0.588. The molecule has 5 heteroatoms. The summed E-state index contributed by atoms with van der Waals surface area (Å²) >= 11 is 0. The van der Waals surface area contributed by atoms with Crippen molar-refractivity contribution in [2.75, 3.05) is 13.2 Å². The molecule has 0 saturated heterocycles. The van der Waals surface area contributed by atoms with Gasteiger partial charge in [0.1, 0.15) is 11.4 Å². The number of benzene rings is 1. The second kappa shape index (κ2) is 8.63. The lowest BCUT2D eigenvalue weighted by molar-refractivity contribution is 0.0502. The van der Waals surface area contributed by atoms with Gasteiger partial charge in [-0.15, -0.1) is 0 Å². The monoisotopic (exact) mass is 308 g/mol. The van der Waals surface area contributed by atoms with Gasteiger partial charge in [0, 0.05) is 0 Å². The third-order valence-corrected chi connectivity index (χ3v) is 3.00. The van der Waals surface area contributed by atoms with Crippen LogP contribution in [0.4, 0.5) is 4.79 Å².